The third-order valence-electron chi connectivity index (χ3n) is 4.11. The quantitative estimate of drug-likeness (QED) is 0.845. The van der Waals surface area contributed by atoms with Gasteiger partial charge >= 0.3 is 0 Å². The van der Waals surface area contributed by atoms with Crippen LogP contribution in [0.5, 0.6) is 0 Å². The van der Waals surface area contributed by atoms with Gasteiger partial charge in [-0.2, -0.15) is 9.40 Å². The minimum Gasteiger partial charge on any atom is -0.272 e. The van der Waals surface area contributed by atoms with Crippen LogP contribution in [-0.2, 0) is 16.6 Å². The van der Waals surface area contributed by atoms with E-state index in [4.69, 9.17) is 11.6 Å². The van der Waals surface area contributed by atoms with Gasteiger partial charge in [0.2, 0.25) is 10.0 Å². The van der Waals surface area contributed by atoms with Crippen molar-refractivity contribution in [2.24, 2.45) is 5.92 Å². The predicted molar refractivity (Wildman–Crippen MR) is 85.1 cm³/mol. The van der Waals surface area contributed by atoms with Crippen LogP contribution in [0.2, 0.25) is 5.02 Å². The highest BCUT2D eigenvalue weighted by Crippen LogP contribution is 2.26. The van der Waals surface area contributed by atoms with E-state index in [1.807, 2.05) is 16.9 Å². The van der Waals surface area contributed by atoms with Crippen molar-refractivity contribution in [1.82, 2.24) is 14.1 Å². The van der Waals surface area contributed by atoms with Gasteiger partial charge in [0.05, 0.1) is 9.92 Å². The summed E-state index contributed by atoms with van der Waals surface area (Å²) in [6.07, 6.45) is 5.18. The summed E-state index contributed by atoms with van der Waals surface area (Å²) in [5.74, 6) is -0.221. The Morgan fingerprint density at radius 3 is 2.65 bits per heavy atom. The summed E-state index contributed by atoms with van der Waals surface area (Å²) < 4.78 is 41.7. The minimum atomic E-state index is -3.63. The van der Waals surface area contributed by atoms with Gasteiger partial charge in [-0.15, -0.1) is 0 Å². The Balaban J connectivity index is 1.67. The number of sulfonamides is 1. The van der Waals surface area contributed by atoms with Crippen LogP contribution in [-0.4, -0.2) is 35.6 Å². The first-order valence-corrected chi connectivity index (χ1v) is 9.21. The lowest BCUT2D eigenvalue weighted by Gasteiger charge is -2.31. The molecule has 0 N–H and O–H groups in total. The highest BCUT2D eigenvalue weighted by molar-refractivity contribution is 7.89. The van der Waals surface area contributed by atoms with Gasteiger partial charge in [-0.05, 0) is 43.0 Å². The monoisotopic (exact) mass is 357 g/mol. The first-order valence-electron chi connectivity index (χ1n) is 7.39. The molecule has 3 rings (SSSR count). The Kier molecular flexibility index (Phi) is 4.70. The van der Waals surface area contributed by atoms with Crippen LogP contribution >= 0.6 is 11.6 Å². The molecule has 23 heavy (non-hydrogen) atoms. The molecule has 1 aromatic carbocycles. The molecule has 0 aliphatic carbocycles. The maximum absolute atomic E-state index is 13.2. The second-order valence-corrected chi connectivity index (χ2v) is 8.00. The standard InChI is InChI=1S/C15H17ClFN3O2S/c16-14-10-13(2-3-15(14)17)23(21,22)20-8-4-12(5-9-20)11-19-7-1-6-18-19/h1-3,6-7,10,12H,4-5,8-9,11H2. The number of nitrogens with zero attached hydrogens (tertiary/aromatic N) is 3. The lowest BCUT2D eigenvalue weighted by Crippen LogP contribution is -2.39. The maximum atomic E-state index is 13.2. The number of hydrogen-bond acceptors (Lipinski definition) is 3. The molecule has 0 unspecified atom stereocenters. The van der Waals surface area contributed by atoms with Crippen LogP contribution in [0.3, 0.4) is 0 Å². The van der Waals surface area contributed by atoms with Gasteiger partial charge in [-0.1, -0.05) is 11.6 Å². The molecule has 0 spiro atoms. The van der Waals surface area contributed by atoms with Crippen LogP contribution in [0, 0.1) is 11.7 Å². The molecule has 1 aliphatic rings. The average Bonchev–Trinajstić information content (AvgIpc) is 3.03. The molecule has 8 heteroatoms. The smallest absolute Gasteiger partial charge is 0.243 e. The van der Waals surface area contributed by atoms with Gasteiger partial charge in [0, 0.05) is 32.0 Å². The van der Waals surface area contributed by atoms with Crippen molar-refractivity contribution >= 4 is 21.6 Å². The summed E-state index contributed by atoms with van der Waals surface area (Å²) in [5.41, 5.74) is 0. The van der Waals surface area contributed by atoms with Crippen molar-refractivity contribution in [2.45, 2.75) is 24.3 Å². The Bertz CT molecular complexity index is 772. The van der Waals surface area contributed by atoms with Gasteiger partial charge in [0.1, 0.15) is 5.82 Å². The van der Waals surface area contributed by atoms with Crippen molar-refractivity contribution in [3.63, 3.8) is 0 Å². The van der Waals surface area contributed by atoms with E-state index in [0.29, 0.717) is 19.0 Å². The fraction of sp³-hybridized carbons (Fsp3) is 0.400. The Hall–Kier alpha value is -1.44. The van der Waals surface area contributed by atoms with Gasteiger partial charge in [-0.25, -0.2) is 12.8 Å². The highest BCUT2D eigenvalue weighted by atomic mass is 35.5. The molecule has 0 amide bonds. The summed E-state index contributed by atoms with van der Waals surface area (Å²) in [6.45, 7) is 1.69. The maximum Gasteiger partial charge on any atom is 0.243 e. The van der Waals surface area contributed by atoms with E-state index in [9.17, 15) is 12.8 Å². The molecule has 1 fully saturated rings. The zero-order chi connectivity index (χ0) is 16.4. The lowest BCUT2D eigenvalue weighted by molar-refractivity contribution is 0.247. The summed E-state index contributed by atoms with van der Waals surface area (Å²) >= 11 is 5.69. The molecule has 2 aromatic rings. The first kappa shape index (κ1) is 16.4. The van der Waals surface area contributed by atoms with Gasteiger partial charge < -0.3 is 0 Å². The molecule has 2 heterocycles. The first-order chi connectivity index (χ1) is 11.0. The summed E-state index contributed by atoms with van der Waals surface area (Å²) in [7, 11) is -3.63. The fourth-order valence-corrected chi connectivity index (χ4v) is 4.53. The number of aromatic nitrogens is 2. The summed E-state index contributed by atoms with van der Waals surface area (Å²) in [5, 5.41) is 4.00. The fourth-order valence-electron chi connectivity index (χ4n) is 2.79. The van der Waals surface area contributed by atoms with Crippen LogP contribution in [0.1, 0.15) is 12.8 Å². The number of hydrogen-bond donors (Lipinski definition) is 0. The lowest BCUT2D eigenvalue weighted by atomic mass is 9.98. The molecule has 1 aliphatic heterocycles. The number of piperidine rings is 1. The third kappa shape index (κ3) is 3.57. The summed E-state index contributed by atoms with van der Waals surface area (Å²) in [4.78, 5) is 0.0365. The highest BCUT2D eigenvalue weighted by Gasteiger charge is 2.30. The Labute approximate surface area is 139 Å². The van der Waals surface area contributed by atoms with Crippen LogP contribution < -0.4 is 0 Å². The molecule has 0 bridgehead atoms. The molecule has 5 nitrogen and oxygen atoms in total. The molecule has 0 saturated carbocycles. The molecule has 1 saturated heterocycles. The zero-order valence-corrected chi connectivity index (χ0v) is 14.0. The van der Waals surface area contributed by atoms with Crippen LogP contribution in [0.4, 0.5) is 4.39 Å². The molecule has 1 aromatic heterocycles. The molecule has 0 radical (unpaired) electrons. The van der Waals surface area contributed by atoms with E-state index < -0.39 is 15.8 Å². The third-order valence-corrected chi connectivity index (χ3v) is 6.29. The number of rotatable bonds is 4. The molecule has 124 valence electrons. The predicted octanol–water partition coefficient (Wildman–Crippen LogP) is 2.78. The largest absolute Gasteiger partial charge is 0.272 e. The van der Waals surface area contributed by atoms with Crippen molar-refractivity contribution in [3.05, 3.63) is 47.5 Å². The van der Waals surface area contributed by atoms with Crippen LogP contribution in [0.15, 0.2) is 41.6 Å². The zero-order valence-electron chi connectivity index (χ0n) is 12.4. The van der Waals surface area contributed by atoms with E-state index in [-0.39, 0.29) is 9.92 Å². The SMILES string of the molecule is O=S(=O)(c1ccc(F)c(Cl)c1)N1CCC(Cn2cccn2)CC1. The second-order valence-electron chi connectivity index (χ2n) is 5.65. The van der Waals surface area contributed by atoms with E-state index in [1.54, 1.807) is 6.20 Å². The van der Waals surface area contributed by atoms with E-state index in [0.717, 1.165) is 25.5 Å². The van der Waals surface area contributed by atoms with E-state index in [2.05, 4.69) is 5.10 Å². The van der Waals surface area contributed by atoms with E-state index >= 15 is 0 Å². The Morgan fingerprint density at radius 2 is 2.04 bits per heavy atom. The van der Waals surface area contributed by atoms with Crippen molar-refractivity contribution in [2.75, 3.05) is 13.1 Å². The van der Waals surface area contributed by atoms with Crippen molar-refractivity contribution in [3.8, 4) is 0 Å². The van der Waals surface area contributed by atoms with Gasteiger partial charge in [0.15, 0.2) is 0 Å². The molecular formula is C15H17ClFN3O2S. The van der Waals surface area contributed by atoms with Gasteiger partial charge in [0.25, 0.3) is 0 Å². The average molecular weight is 358 g/mol. The van der Waals surface area contributed by atoms with E-state index in [1.165, 1.54) is 16.4 Å². The molecule has 0 atom stereocenters. The normalized spacial score (nSPS) is 17.5. The van der Waals surface area contributed by atoms with Crippen LogP contribution in [0.25, 0.3) is 0 Å². The second kappa shape index (κ2) is 6.59. The number of halogens is 2. The minimum absolute atomic E-state index is 0.0365. The van der Waals surface area contributed by atoms with Crippen molar-refractivity contribution < 1.29 is 12.8 Å². The number of benzene rings is 1. The van der Waals surface area contributed by atoms with Gasteiger partial charge in [-0.3, -0.25) is 4.68 Å². The topological polar surface area (TPSA) is 55.2 Å². The molecular weight excluding hydrogens is 341 g/mol. The summed E-state index contributed by atoms with van der Waals surface area (Å²) in [6, 6.07) is 5.38. The van der Waals surface area contributed by atoms with Crippen molar-refractivity contribution in [1.29, 1.82) is 0 Å². The Morgan fingerprint density at radius 1 is 1.30 bits per heavy atom.